The molecule has 4 nitrogen and oxygen atoms in total. The number of nitrogens with zero attached hydrogens (tertiary/aromatic N) is 1. The third kappa shape index (κ3) is 7.50. The lowest BCUT2D eigenvalue weighted by Gasteiger charge is -2.08. The van der Waals surface area contributed by atoms with Gasteiger partial charge in [0.2, 0.25) is 0 Å². The van der Waals surface area contributed by atoms with Gasteiger partial charge in [-0.2, -0.15) is 0 Å². The van der Waals surface area contributed by atoms with E-state index in [-0.39, 0.29) is 5.97 Å². The second-order valence-corrected chi connectivity index (χ2v) is 2.91. The summed E-state index contributed by atoms with van der Waals surface area (Å²) < 4.78 is 4.47. The zero-order valence-electron chi connectivity index (χ0n) is 8.09. The molecular formula is C8H18N2O2. The first kappa shape index (κ1) is 11.4. The average Bonchev–Trinajstić information content (AvgIpc) is 2.03. The molecule has 0 unspecified atom stereocenters. The highest BCUT2D eigenvalue weighted by Gasteiger charge is 1.97. The lowest BCUT2D eigenvalue weighted by Crippen LogP contribution is -2.27. The van der Waals surface area contributed by atoms with Crippen LogP contribution in [0.2, 0.25) is 0 Å². The first-order chi connectivity index (χ1) is 5.66. The van der Waals surface area contributed by atoms with E-state index in [1.807, 2.05) is 14.1 Å². The molecule has 0 aliphatic heterocycles. The normalized spacial score (nSPS) is 10.3. The zero-order chi connectivity index (χ0) is 9.40. The van der Waals surface area contributed by atoms with Gasteiger partial charge < -0.3 is 15.0 Å². The second-order valence-electron chi connectivity index (χ2n) is 2.91. The number of carbonyl (C=O) groups is 1. The van der Waals surface area contributed by atoms with Crippen molar-refractivity contribution in [2.45, 2.75) is 6.42 Å². The summed E-state index contributed by atoms with van der Waals surface area (Å²) in [4.78, 5) is 12.7. The smallest absolute Gasteiger partial charge is 0.319 e. The molecule has 0 spiro atoms. The Morgan fingerprint density at radius 1 is 1.50 bits per heavy atom. The van der Waals surface area contributed by atoms with Crippen LogP contribution in [-0.4, -0.2) is 51.7 Å². The maximum atomic E-state index is 10.6. The second kappa shape index (κ2) is 7.06. The largest absolute Gasteiger partial charge is 0.468 e. The summed E-state index contributed by atoms with van der Waals surface area (Å²) in [5.74, 6) is -0.208. The topological polar surface area (TPSA) is 41.6 Å². The molecule has 0 saturated heterocycles. The van der Waals surface area contributed by atoms with Crippen molar-refractivity contribution < 1.29 is 9.53 Å². The summed E-state index contributed by atoms with van der Waals surface area (Å²) >= 11 is 0. The van der Waals surface area contributed by atoms with E-state index >= 15 is 0 Å². The van der Waals surface area contributed by atoms with Crippen LogP contribution < -0.4 is 5.32 Å². The predicted octanol–water partition coefficient (Wildman–Crippen LogP) is -0.299. The van der Waals surface area contributed by atoms with Crippen molar-refractivity contribution >= 4 is 5.97 Å². The fourth-order valence-electron chi connectivity index (χ4n) is 0.783. The van der Waals surface area contributed by atoms with Crippen molar-refractivity contribution in [2.24, 2.45) is 0 Å². The molecule has 12 heavy (non-hydrogen) atoms. The van der Waals surface area contributed by atoms with Gasteiger partial charge in [-0.3, -0.25) is 4.79 Å². The molecule has 1 N–H and O–H groups in total. The van der Waals surface area contributed by atoms with Crippen LogP contribution in [0.3, 0.4) is 0 Å². The summed E-state index contributed by atoms with van der Waals surface area (Å²) in [7, 11) is 5.45. The van der Waals surface area contributed by atoms with Gasteiger partial charge in [0, 0.05) is 0 Å². The number of methoxy groups -OCH3 is 1. The van der Waals surface area contributed by atoms with Crippen molar-refractivity contribution in [2.75, 3.05) is 40.8 Å². The summed E-state index contributed by atoms with van der Waals surface area (Å²) in [6.07, 6.45) is 1.05. The molecule has 0 aromatic rings. The lowest BCUT2D eigenvalue weighted by atomic mass is 10.4. The number of carbonyl (C=O) groups excluding carboxylic acids is 1. The number of nitrogens with one attached hydrogen (secondary N) is 1. The van der Waals surface area contributed by atoms with Crippen molar-refractivity contribution in [3.63, 3.8) is 0 Å². The molecule has 0 aliphatic rings. The zero-order valence-corrected chi connectivity index (χ0v) is 8.09. The third-order valence-corrected chi connectivity index (χ3v) is 1.46. The molecule has 0 radical (unpaired) electrons. The summed E-state index contributed by atoms with van der Waals surface area (Å²) in [6.45, 7) is 2.20. The minimum Gasteiger partial charge on any atom is -0.468 e. The van der Waals surface area contributed by atoms with Crippen molar-refractivity contribution in [1.82, 2.24) is 10.2 Å². The van der Waals surface area contributed by atoms with E-state index in [9.17, 15) is 4.79 Å². The number of ether oxygens (including phenoxy) is 1. The fraction of sp³-hybridized carbons (Fsp3) is 0.875. The molecule has 72 valence electrons. The summed E-state index contributed by atoms with van der Waals surface area (Å²) in [6, 6.07) is 0. The van der Waals surface area contributed by atoms with Gasteiger partial charge in [-0.15, -0.1) is 0 Å². The van der Waals surface area contributed by atoms with Crippen LogP contribution >= 0.6 is 0 Å². The molecular weight excluding hydrogens is 156 g/mol. The minimum absolute atomic E-state index is 0.208. The Labute approximate surface area is 73.9 Å². The van der Waals surface area contributed by atoms with Crippen molar-refractivity contribution in [3.05, 3.63) is 0 Å². The van der Waals surface area contributed by atoms with Gasteiger partial charge >= 0.3 is 5.97 Å². The maximum Gasteiger partial charge on any atom is 0.319 e. The number of hydrogen-bond donors (Lipinski definition) is 1. The Bertz CT molecular complexity index is 126. The van der Waals surface area contributed by atoms with Gasteiger partial charge in [-0.1, -0.05) is 0 Å². The predicted molar refractivity (Wildman–Crippen MR) is 48.1 cm³/mol. The van der Waals surface area contributed by atoms with Crippen LogP contribution in [-0.2, 0) is 9.53 Å². The fourth-order valence-corrected chi connectivity index (χ4v) is 0.783. The molecule has 0 fully saturated rings. The number of hydrogen-bond acceptors (Lipinski definition) is 4. The molecule has 0 heterocycles. The Hall–Kier alpha value is -0.610. The van der Waals surface area contributed by atoms with E-state index in [4.69, 9.17) is 0 Å². The van der Waals surface area contributed by atoms with Crippen LogP contribution in [0.1, 0.15) is 6.42 Å². The van der Waals surface area contributed by atoms with Gasteiger partial charge in [0.25, 0.3) is 0 Å². The molecule has 0 atom stereocenters. The highest BCUT2D eigenvalue weighted by molar-refractivity contribution is 5.71. The molecule has 0 saturated carbocycles. The molecule has 0 amide bonds. The quantitative estimate of drug-likeness (QED) is 0.443. The molecule has 4 heteroatoms. The molecule has 0 aromatic heterocycles. The van der Waals surface area contributed by atoms with E-state index in [0.717, 1.165) is 19.5 Å². The minimum atomic E-state index is -0.208. The number of rotatable bonds is 6. The van der Waals surface area contributed by atoms with Crippen LogP contribution in [0.15, 0.2) is 0 Å². The van der Waals surface area contributed by atoms with Gasteiger partial charge in [0.05, 0.1) is 13.7 Å². The van der Waals surface area contributed by atoms with Crippen LogP contribution in [0.25, 0.3) is 0 Å². The number of esters is 1. The molecule has 0 aliphatic carbocycles. The van der Waals surface area contributed by atoms with Crippen LogP contribution in [0, 0.1) is 0 Å². The van der Waals surface area contributed by atoms with Gasteiger partial charge in [-0.25, -0.2) is 0 Å². The summed E-state index contributed by atoms with van der Waals surface area (Å²) in [5, 5.41) is 2.99. The Kier molecular flexibility index (Phi) is 6.70. The standard InChI is InChI=1S/C8H18N2O2/c1-10(2)6-4-5-9-7-8(11)12-3/h9H,4-7H2,1-3H3. The van der Waals surface area contributed by atoms with Crippen molar-refractivity contribution in [1.29, 1.82) is 0 Å². The van der Waals surface area contributed by atoms with E-state index < -0.39 is 0 Å². The highest BCUT2D eigenvalue weighted by Crippen LogP contribution is 1.80. The van der Waals surface area contributed by atoms with Gasteiger partial charge in [0.1, 0.15) is 0 Å². The SMILES string of the molecule is COC(=O)CNCCCN(C)C. The molecule has 0 bridgehead atoms. The summed E-state index contributed by atoms with van der Waals surface area (Å²) in [5.41, 5.74) is 0. The van der Waals surface area contributed by atoms with Crippen molar-refractivity contribution in [3.8, 4) is 0 Å². The Morgan fingerprint density at radius 2 is 2.17 bits per heavy atom. The lowest BCUT2D eigenvalue weighted by molar-refractivity contribution is -0.139. The third-order valence-electron chi connectivity index (χ3n) is 1.46. The maximum absolute atomic E-state index is 10.6. The van der Waals surface area contributed by atoms with Gasteiger partial charge in [-0.05, 0) is 33.6 Å². The van der Waals surface area contributed by atoms with E-state index in [2.05, 4.69) is 15.0 Å². The average molecular weight is 174 g/mol. The van der Waals surface area contributed by atoms with Crippen LogP contribution in [0.4, 0.5) is 0 Å². The highest BCUT2D eigenvalue weighted by atomic mass is 16.5. The van der Waals surface area contributed by atoms with Gasteiger partial charge in [0.15, 0.2) is 0 Å². The van der Waals surface area contributed by atoms with Crippen LogP contribution in [0.5, 0.6) is 0 Å². The molecule has 0 rings (SSSR count). The molecule has 0 aromatic carbocycles. The van der Waals surface area contributed by atoms with E-state index in [1.165, 1.54) is 7.11 Å². The first-order valence-corrected chi connectivity index (χ1v) is 4.09. The van der Waals surface area contributed by atoms with E-state index in [1.54, 1.807) is 0 Å². The Balaban J connectivity index is 3.05. The van der Waals surface area contributed by atoms with E-state index in [0.29, 0.717) is 6.54 Å². The monoisotopic (exact) mass is 174 g/mol. The Morgan fingerprint density at radius 3 is 2.67 bits per heavy atom. The first-order valence-electron chi connectivity index (χ1n) is 4.09.